The summed E-state index contributed by atoms with van der Waals surface area (Å²) in [4.78, 5) is 16.0. The zero-order valence-corrected chi connectivity index (χ0v) is 11.0. The number of likely N-dealkylation sites (N-methyl/N-ethyl adjacent to an activating group) is 1. The first kappa shape index (κ1) is 13.0. The molecule has 1 saturated heterocycles. The molecule has 18 heavy (non-hydrogen) atoms. The Kier molecular flexibility index (Phi) is 3.68. The van der Waals surface area contributed by atoms with Crippen molar-refractivity contribution in [3.8, 4) is 0 Å². The average Bonchev–Trinajstić information content (AvgIpc) is 2.83. The number of likely N-dealkylation sites (tertiary alicyclic amines) is 1. The first-order chi connectivity index (χ1) is 8.49. The molecule has 0 spiro atoms. The summed E-state index contributed by atoms with van der Waals surface area (Å²) in [6.45, 7) is 2.88. The quantitative estimate of drug-likeness (QED) is 0.828. The van der Waals surface area contributed by atoms with Gasteiger partial charge in [0.1, 0.15) is 0 Å². The third-order valence-corrected chi connectivity index (χ3v) is 3.17. The summed E-state index contributed by atoms with van der Waals surface area (Å²) in [7, 11) is 3.90. The lowest BCUT2D eigenvalue weighted by molar-refractivity contribution is 0.0656. The standard InChI is InChI=1S/C12H19N3O3/c1-8-5-13-18-11(8)12(17)15-7-10(16)4-9(15)6-14(2)3/h5,9-10,16H,4,6-7H2,1-3H3. The maximum absolute atomic E-state index is 12.3. The number of nitrogens with zero attached hydrogens (tertiary/aromatic N) is 3. The molecule has 1 N–H and O–H groups in total. The van der Waals surface area contributed by atoms with E-state index in [0.29, 0.717) is 13.0 Å². The van der Waals surface area contributed by atoms with Gasteiger partial charge in [-0.15, -0.1) is 0 Å². The fourth-order valence-corrected chi connectivity index (χ4v) is 2.36. The van der Waals surface area contributed by atoms with Crippen molar-refractivity contribution >= 4 is 5.91 Å². The zero-order chi connectivity index (χ0) is 13.3. The van der Waals surface area contributed by atoms with Crippen molar-refractivity contribution < 1.29 is 14.4 Å². The molecule has 0 saturated carbocycles. The molecule has 1 amide bonds. The second-order valence-electron chi connectivity index (χ2n) is 5.10. The lowest BCUT2D eigenvalue weighted by atomic mass is 10.2. The minimum absolute atomic E-state index is 0.0204. The Bertz CT molecular complexity index is 430. The Hall–Kier alpha value is -1.40. The Balaban J connectivity index is 2.15. The van der Waals surface area contributed by atoms with Crippen molar-refractivity contribution in [2.24, 2.45) is 0 Å². The molecule has 6 heteroatoms. The van der Waals surface area contributed by atoms with E-state index in [9.17, 15) is 9.90 Å². The highest BCUT2D eigenvalue weighted by molar-refractivity contribution is 5.93. The maximum atomic E-state index is 12.3. The second-order valence-corrected chi connectivity index (χ2v) is 5.10. The van der Waals surface area contributed by atoms with Crippen molar-refractivity contribution in [2.75, 3.05) is 27.2 Å². The summed E-state index contributed by atoms with van der Waals surface area (Å²) in [5.41, 5.74) is 0.727. The molecule has 2 unspecified atom stereocenters. The highest BCUT2D eigenvalue weighted by Gasteiger charge is 2.36. The van der Waals surface area contributed by atoms with Gasteiger partial charge in [-0.2, -0.15) is 0 Å². The number of hydrogen-bond donors (Lipinski definition) is 1. The van der Waals surface area contributed by atoms with Crippen LogP contribution >= 0.6 is 0 Å². The third kappa shape index (κ3) is 2.54. The SMILES string of the molecule is Cc1cnoc1C(=O)N1CC(O)CC1CN(C)C. The van der Waals surface area contributed by atoms with Gasteiger partial charge in [0, 0.05) is 24.7 Å². The summed E-state index contributed by atoms with van der Waals surface area (Å²) in [6, 6.07) is 0.0204. The monoisotopic (exact) mass is 253 g/mol. The molecule has 1 fully saturated rings. The first-order valence-electron chi connectivity index (χ1n) is 6.04. The van der Waals surface area contributed by atoms with Crippen LogP contribution in [0.25, 0.3) is 0 Å². The summed E-state index contributed by atoms with van der Waals surface area (Å²) >= 11 is 0. The van der Waals surface area contributed by atoms with E-state index in [1.165, 1.54) is 6.20 Å². The van der Waals surface area contributed by atoms with Gasteiger partial charge in [-0.3, -0.25) is 4.79 Å². The molecule has 2 rings (SSSR count). The molecule has 1 aromatic heterocycles. The number of amides is 1. The van der Waals surface area contributed by atoms with Crippen molar-refractivity contribution in [2.45, 2.75) is 25.5 Å². The number of aryl methyl sites for hydroxylation is 1. The predicted octanol–water partition coefficient (Wildman–Crippen LogP) is 0.120. The zero-order valence-electron chi connectivity index (χ0n) is 11.0. The van der Waals surface area contributed by atoms with E-state index in [2.05, 4.69) is 5.16 Å². The normalized spacial score (nSPS) is 23.9. The lowest BCUT2D eigenvalue weighted by Crippen LogP contribution is -2.41. The van der Waals surface area contributed by atoms with Crippen LogP contribution in [0.3, 0.4) is 0 Å². The highest BCUT2D eigenvalue weighted by atomic mass is 16.5. The van der Waals surface area contributed by atoms with Gasteiger partial charge in [0.25, 0.3) is 5.91 Å². The Morgan fingerprint density at radius 3 is 2.94 bits per heavy atom. The van der Waals surface area contributed by atoms with E-state index in [4.69, 9.17) is 4.52 Å². The van der Waals surface area contributed by atoms with Gasteiger partial charge in [-0.05, 0) is 27.4 Å². The predicted molar refractivity (Wildman–Crippen MR) is 65.2 cm³/mol. The Morgan fingerprint density at radius 2 is 2.39 bits per heavy atom. The van der Waals surface area contributed by atoms with Crippen LogP contribution in [0, 0.1) is 6.92 Å². The Morgan fingerprint density at radius 1 is 1.67 bits per heavy atom. The van der Waals surface area contributed by atoms with Crippen LogP contribution in [0.2, 0.25) is 0 Å². The van der Waals surface area contributed by atoms with Gasteiger partial charge < -0.3 is 19.4 Å². The van der Waals surface area contributed by atoms with Gasteiger partial charge in [-0.1, -0.05) is 5.16 Å². The summed E-state index contributed by atoms with van der Waals surface area (Å²) in [6.07, 6.45) is 1.68. The summed E-state index contributed by atoms with van der Waals surface area (Å²) in [5.74, 6) is 0.0845. The van der Waals surface area contributed by atoms with Crippen LogP contribution in [0.15, 0.2) is 10.7 Å². The molecule has 0 aromatic carbocycles. The summed E-state index contributed by atoms with van der Waals surface area (Å²) < 4.78 is 4.99. The van der Waals surface area contributed by atoms with Gasteiger partial charge in [-0.25, -0.2) is 0 Å². The van der Waals surface area contributed by atoms with Crippen molar-refractivity contribution in [3.63, 3.8) is 0 Å². The number of carbonyl (C=O) groups excluding carboxylic acids is 1. The number of rotatable bonds is 3. The van der Waals surface area contributed by atoms with Gasteiger partial charge in [0.05, 0.1) is 12.3 Å². The molecule has 1 aliphatic rings. The lowest BCUT2D eigenvalue weighted by Gasteiger charge is -2.25. The van der Waals surface area contributed by atoms with Crippen LogP contribution in [0.1, 0.15) is 22.5 Å². The van der Waals surface area contributed by atoms with E-state index in [1.54, 1.807) is 11.8 Å². The minimum Gasteiger partial charge on any atom is -0.391 e. The van der Waals surface area contributed by atoms with Crippen LogP contribution in [0.4, 0.5) is 0 Å². The maximum Gasteiger partial charge on any atom is 0.293 e. The van der Waals surface area contributed by atoms with Gasteiger partial charge in [0.2, 0.25) is 5.76 Å². The number of β-amino-alcohol motifs (C(OH)–C–C–N with tert-alkyl or cyclic N) is 1. The van der Waals surface area contributed by atoms with Gasteiger partial charge >= 0.3 is 0 Å². The fraction of sp³-hybridized carbons (Fsp3) is 0.667. The minimum atomic E-state index is -0.456. The second kappa shape index (κ2) is 5.07. The van der Waals surface area contributed by atoms with Crippen LogP contribution in [-0.4, -0.2) is 65.3 Å². The van der Waals surface area contributed by atoms with Crippen LogP contribution in [0.5, 0.6) is 0 Å². The Labute approximate surface area is 106 Å². The summed E-state index contributed by atoms with van der Waals surface area (Å²) in [5, 5.41) is 13.4. The topological polar surface area (TPSA) is 69.8 Å². The molecule has 1 aromatic rings. The van der Waals surface area contributed by atoms with Crippen LogP contribution in [-0.2, 0) is 0 Å². The van der Waals surface area contributed by atoms with Crippen molar-refractivity contribution in [1.82, 2.24) is 15.0 Å². The first-order valence-corrected chi connectivity index (χ1v) is 6.04. The number of aliphatic hydroxyl groups is 1. The molecular formula is C12H19N3O3. The fourth-order valence-electron chi connectivity index (χ4n) is 2.36. The number of carbonyl (C=O) groups is 1. The number of aliphatic hydroxyl groups excluding tert-OH is 1. The average molecular weight is 253 g/mol. The molecule has 6 nitrogen and oxygen atoms in total. The van der Waals surface area contributed by atoms with E-state index in [0.717, 1.165) is 12.1 Å². The van der Waals surface area contributed by atoms with Crippen molar-refractivity contribution in [3.05, 3.63) is 17.5 Å². The molecule has 2 atom stereocenters. The number of hydrogen-bond acceptors (Lipinski definition) is 5. The third-order valence-electron chi connectivity index (χ3n) is 3.17. The van der Waals surface area contributed by atoms with Crippen molar-refractivity contribution in [1.29, 1.82) is 0 Å². The number of aromatic nitrogens is 1. The van der Waals surface area contributed by atoms with Gasteiger partial charge in [0.15, 0.2) is 0 Å². The molecular weight excluding hydrogens is 234 g/mol. The van der Waals surface area contributed by atoms with E-state index >= 15 is 0 Å². The molecule has 0 bridgehead atoms. The van der Waals surface area contributed by atoms with E-state index < -0.39 is 6.10 Å². The highest BCUT2D eigenvalue weighted by Crippen LogP contribution is 2.22. The molecule has 0 aliphatic carbocycles. The molecule has 1 aliphatic heterocycles. The molecule has 100 valence electrons. The van der Waals surface area contributed by atoms with Crippen LogP contribution < -0.4 is 0 Å². The van der Waals surface area contributed by atoms with E-state index in [-0.39, 0.29) is 17.7 Å². The molecule has 2 heterocycles. The van der Waals surface area contributed by atoms with E-state index in [1.807, 2.05) is 19.0 Å². The molecule has 0 radical (unpaired) electrons. The smallest absolute Gasteiger partial charge is 0.293 e. The largest absolute Gasteiger partial charge is 0.391 e.